The van der Waals surface area contributed by atoms with E-state index in [-0.39, 0.29) is 6.03 Å². The summed E-state index contributed by atoms with van der Waals surface area (Å²) in [6.07, 6.45) is 3.42. The van der Waals surface area contributed by atoms with Gasteiger partial charge in [-0.15, -0.1) is 10.2 Å². The number of benzene rings is 2. The lowest BCUT2D eigenvalue weighted by Gasteiger charge is -2.09. The molecule has 0 aliphatic carbocycles. The van der Waals surface area contributed by atoms with Crippen LogP contribution in [0.4, 0.5) is 16.2 Å². The van der Waals surface area contributed by atoms with E-state index >= 15 is 0 Å². The molecule has 0 unspecified atom stereocenters. The lowest BCUT2D eigenvalue weighted by atomic mass is 10.1. The van der Waals surface area contributed by atoms with Gasteiger partial charge in [0.05, 0.1) is 5.69 Å². The average molecular weight is 442 g/mol. The van der Waals surface area contributed by atoms with Crippen LogP contribution in [-0.2, 0) is 0 Å². The predicted octanol–water partition coefficient (Wildman–Crippen LogP) is 5.15. The summed E-state index contributed by atoms with van der Waals surface area (Å²) in [6, 6.07) is 21.4. The minimum Gasteiger partial charge on any atom is -0.308 e. The van der Waals surface area contributed by atoms with Crippen molar-refractivity contribution in [1.29, 1.82) is 0 Å². The van der Waals surface area contributed by atoms with Crippen molar-refractivity contribution in [3.8, 4) is 22.6 Å². The largest absolute Gasteiger partial charge is 0.323 e. The van der Waals surface area contributed by atoms with E-state index in [2.05, 4.69) is 25.8 Å². The smallest absolute Gasteiger partial charge is 0.308 e. The molecule has 3 aromatic heterocycles. The maximum absolute atomic E-state index is 12.4. The number of pyridine rings is 1. The first-order chi connectivity index (χ1) is 15.7. The van der Waals surface area contributed by atoms with Crippen molar-refractivity contribution in [2.45, 2.75) is 0 Å². The summed E-state index contributed by atoms with van der Waals surface area (Å²) in [5.74, 6) is 0.603. The first-order valence-corrected chi connectivity index (χ1v) is 10.1. The normalized spacial score (nSPS) is 10.8. The number of urea groups is 1. The number of anilines is 2. The van der Waals surface area contributed by atoms with Gasteiger partial charge in [0.15, 0.2) is 11.5 Å². The number of fused-ring (bicyclic) bond motifs is 1. The van der Waals surface area contributed by atoms with Crippen LogP contribution in [0.1, 0.15) is 0 Å². The fraction of sp³-hybridized carbons (Fsp3) is 0. The van der Waals surface area contributed by atoms with Crippen molar-refractivity contribution in [1.82, 2.24) is 24.8 Å². The number of aromatic nitrogens is 5. The van der Waals surface area contributed by atoms with Gasteiger partial charge in [0, 0.05) is 39.9 Å². The van der Waals surface area contributed by atoms with Crippen molar-refractivity contribution in [3.05, 3.63) is 90.2 Å². The highest BCUT2D eigenvalue weighted by molar-refractivity contribution is 6.30. The Hall–Kier alpha value is -4.30. The van der Waals surface area contributed by atoms with E-state index in [1.807, 2.05) is 48.5 Å². The third kappa shape index (κ3) is 4.12. The van der Waals surface area contributed by atoms with Crippen molar-refractivity contribution < 1.29 is 4.79 Å². The Kier molecular flexibility index (Phi) is 5.19. The molecular weight excluding hydrogens is 426 g/mol. The number of rotatable bonds is 4. The second kappa shape index (κ2) is 8.44. The summed E-state index contributed by atoms with van der Waals surface area (Å²) >= 11 is 5.88. The van der Waals surface area contributed by atoms with Gasteiger partial charge in [0.2, 0.25) is 0 Å². The topological polar surface area (TPSA) is 97.1 Å². The summed E-state index contributed by atoms with van der Waals surface area (Å²) in [5.41, 5.74) is 4.27. The molecule has 5 rings (SSSR count). The molecule has 0 bridgehead atoms. The quantitative estimate of drug-likeness (QED) is 0.402. The fourth-order valence-electron chi connectivity index (χ4n) is 3.20. The maximum atomic E-state index is 12.4. The maximum Gasteiger partial charge on any atom is 0.323 e. The number of carbonyl (C=O) groups excluding carboxylic acids is 1. The van der Waals surface area contributed by atoms with E-state index in [4.69, 9.17) is 16.7 Å². The molecule has 156 valence electrons. The Labute approximate surface area is 187 Å². The predicted molar refractivity (Wildman–Crippen MR) is 124 cm³/mol. The Morgan fingerprint density at radius 3 is 2.47 bits per heavy atom. The number of carbonyl (C=O) groups is 1. The highest BCUT2D eigenvalue weighted by Gasteiger charge is 2.11. The van der Waals surface area contributed by atoms with Crippen LogP contribution < -0.4 is 10.6 Å². The van der Waals surface area contributed by atoms with Crippen molar-refractivity contribution in [2.75, 3.05) is 10.6 Å². The molecule has 0 saturated heterocycles. The molecule has 32 heavy (non-hydrogen) atoms. The Balaban J connectivity index is 1.40. The number of nitrogens with zero attached hydrogens (tertiary/aromatic N) is 5. The first kappa shape index (κ1) is 19.7. The van der Waals surface area contributed by atoms with Crippen LogP contribution in [0, 0.1) is 0 Å². The molecule has 0 radical (unpaired) electrons. The molecule has 0 aliphatic heterocycles. The van der Waals surface area contributed by atoms with E-state index < -0.39 is 0 Å². The molecule has 2 amide bonds. The summed E-state index contributed by atoms with van der Waals surface area (Å²) in [4.78, 5) is 16.5. The van der Waals surface area contributed by atoms with Gasteiger partial charge in [-0.05, 0) is 60.7 Å². The highest BCUT2D eigenvalue weighted by Crippen LogP contribution is 2.23. The van der Waals surface area contributed by atoms with Gasteiger partial charge in [-0.2, -0.15) is 9.61 Å². The third-order valence-corrected chi connectivity index (χ3v) is 4.95. The minimum absolute atomic E-state index is 0.356. The number of hydrogen-bond donors (Lipinski definition) is 2. The zero-order valence-electron chi connectivity index (χ0n) is 16.6. The van der Waals surface area contributed by atoms with E-state index in [0.29, 0.717) is 33.6 Å². The molecule has 5 aromatic rings. The van der Waals surface area contributed by atoms with Crippen molar-refractivity contribution >= 4 is 34.7 Å². The SMILES string of the molecule is O=C(Nc1ccc(Cl)cc1)Nc1cccc(-c2ccc3nnc(-c4cccnc4)n3n2)c1. The molecule has 2 aromatic carbocycles. The third-order valence-electron chi connectivity index (χ3n) is 4.70. The molecule has 0 fully saturated rings. The van der Waals surface area contributed by atoms with Gasteiger partial charge in [-0.3, -0.25) is 4.98 Å². The monoisotopic (exact) mass is 441 g/mol. The standard InChI is InChI=1S/C23H16ClN7O/c24-17-6-8-18(9-7-17)26-23(32)27-19-5-1-3-15(13-19)20-10-11-21-28-29-22(31(21)30-20)16-4-2-12-25-14-16/h1-14H,(H2,26,27,32). The molecule has 0 aliphatic rings. The summed E-state index contributed by atoms with van der Waals surface area (Å²) < 4.78 is 1.68. The van der Waals surface area contributed by atoms with Crippen LogP contribution in [-0.4, -0.2) is 30.8 Å². The Bertz CT molecular complexity index is 1400. The van der Waals surface area contributed by atoms with Gasteiger partial charge < -0.3 is 10.6 Å². The van der Waals surface area contributed by atoms with Crippen LogP contribution in [0.2, 0.25) is 5.02 Å². The van der Waals surface area contributed by atoms with Gasteiger partial charge in [0.25, 0.3) is 0 Å². The zero-order chi connectivity index (χ0) is 21.9. The van der Waals surface area contributed by atoms with Crippen LogP contribution in [0.5, 0.6) is 0 Å². The number of amides is 2. The molecule has 9 heteroatoms. The van der Waals surface area contributed by atoms with E-state index in [9.17, 15) is 4.79 Å². The van der Waals surface area contributed by atoms with E-state index in [1.165, 1.54) is 0 Å². The van der Waals surface area contributed by atoms with E-state index in [0.717, 1.165) is 11.1 Å². The van der Waals surface area contributed by atoms with Crippen LogP contribution in [0.15, 0.2) is 85.2 Å². The van der Waals surface area contributed by atoms with Crippen molar-refractivity contribution in [2.24, 2.45) is 0 Å². The number of hydrogen-bond acceptors (Lipinski definition) is 5. The van der Waals surface area contributed by atoms with Gasteiger partial charge >= 0.3 is 6.03 Å². The zero-order valence-corrected chi connectivity index (χ0v) is 17.4. The fourth-order valence-corrected chi connectivity index (χ4v) is 3.33. The van der Waals surface area contributed by atoms with Gasteiger partial charge in [-0.25, -0.2) is 4.79 Å². The molecule has 8 nitrogen and oxygen atoms in total. The average Bonchev–Trinajstić information content (AvgIpc) is 3.25. The van der Waals surface area contributed by atoms with Crippen LogP contribution in [0.25, 0.3) is 28.3 Å². The lowest BCUT2D eigenvalue weighted by molar-refractivity contribution is 0.262. The Morgan fingerprint density at radius 2 is 1.66 bits per heavy atom. The molecule has 0 saturated carbocycles. The Morgan fingerprint density at radius 1 is 0.844 bits per heavy atom. The molecule has 3 heterocycles. The molecule has 0 spiro atoms. The molecule has 2 N–H and O–H groups in total. The van der Waals surface area contributed by atoms with Gasteiger partial charge in [0.1, 0.15) is 0 Å². The second-order valence-corrected chi connectivity index (χ2v) is 7.36. The number of halogens is 1. The second-order valence-electron chi connectivity index (χ2n) is 6.92. The minimum atomic E-state index is -0.356. The lowest BCUT2D eigenvalue weighted by Crippen LogP contribution is -2.19. The highest BCUT2D eigenvalue weighted by atomic mass is 35.5. The van der Waals surface area contributed by atoms with Gasteiger partial charge in [-0.1, -0.05) is 23.7 Å². The molecule has 0 atom stereocenters. The van der Waals surface area contributed by atoms with E-state index in [1.54, 1.807) is 41.2 Å². The molecular formula is C23H16ClN7O. The summed E-state index contributed by atoms with van der Waals surface area (Å²) in [6.45, 7) is 0. The first-order valence-electron chi connectivity index (χ1n) is 9.72. The number of nitrogens with one attached hydrogen (secondary N) is 2. The van der Waals surface area contributed by atoms with Crippen LogP contribution in [0.3, 0.4) is 0 Å². The summed E-state index contributed by atoms with van der Waals surface area (Å²) in [7, 11) is 0. The van der Waals surface area contributed by atoms with Crippen molar-refractivity contribution in [3.63, 3.8) is 0 Å². The van der Waals surface area contributed by atoms with Crippen LogP contribution >= 0.6 is 11.6 Å². The summed E-state index contributed by atoms with van der Waals surface area (Å²) in [5, 5.41) is 19.3.